The zero-order chi connectivity index (χ0) is 15.7. The Kier molecular flexibility index (Phi) is 3.88. The average molecular weight is 292 g/mol. The minimum absolute atomic E-state index is 0.0801. The average Bonchev–Trinajstić information content (AvgIpc) is 2.42. The van der Waals surface area contributed by atoms with E-state index >= 15 is 0 Å². The van der Waals surface area contributed by atoms with Gasteiger partial charge in [-0.2, -0.15) is 5.10 Å². The van der Waals surface area contributed by atoms with Crippen molar-refractivity contribution in [2.45, 2.75) is 33.2 Å². The lowest BCUT2D eigenvalue weighted by Crippen LogP contribution is -2.60. The summed E-state index contributed by atoms with van der Waals surface area (Å²) in [5, 5.41) is 8.21. The predicted molar refractivity (Wildman–Crippen MR) is 72.6 cm³/mol. The number of nitrogens with zero attached hydrogens (tertiary/aromatic N) is 2. The summed E-state index contributed by atoms with van der Waals surface area (Å²) < 4.78 is 0. The molecule has 8 heteroatoms. The molecule has 2 heterocycles. The maximum absolute atomic E-state index is 12.6. The molecule has 0 spiro atoms. The van der Waals surface area contributed by atoms with Crippen molar-refractivity contribution in [3.05, 3.63) is 27.2 Å². The zero-order valence-corrected chi connectivity index (χ0v) is 12.0. The van der Waals surface area contributed by atoms with Crippen LogP contribution in [0.25, 0.3) is 0 Å². The molecule has 2 rings (SSSR count). The highest BCUT2D eigenvalue weighted by Crippen LogP contribution is 2.15. The lowest BCUT2D eigenvalue weighted by atomic mass is 10.0. The van der Waals surface area contributed by atoms with Crippen LogP contribution in [0, 0.1) is 13.8 Å². The Balaban J connectivity index is 2.48. The van der Waals surface area contributed by atoms with E-state index in [1.54, 1.807) is 20.8 Å². The van der Waals surface area contributed by atoms with Gasteiger partial charge < -0.3 is 4.90 Å². The van der Waals surface area contributed by atoms with E-state index in [1.165, 1.54) is 0 Å². The number of aromatic amines is 1. The first-order chi connectivity index (χ1) is 9.86. The van der Waals surface area contributed by atoms with Crippen LogP contribution in [0.1, 0.15) is 35.0 Å². The van der Waals surface area contributed by atoms with Gasteiger partial charge in [-0.25, -0.2) is 5.10 Å². The van der Waals surface area contributed by atoms with Crippen molar-refractivity contribution in [3.8, 4) is 0 Å². The maximum Gasteiger partial charge on any atom is 0.277 e. The van der Waals surface area contributed by atoms with E-state index < -0.39 is 29.3 Å². The maximum atomic E-state index is 12.6. The van der Waals surface area contributed by atoms with E-state index in [-0.39, 0.29) is 12.1 Å². The predicted octanol–water partition coefficient (Wildman–Crippen LogP) is -0.736. The quantitative estimate of drug-likeness (QED) is 0.697. The number of hydrogen-bond donors (Lipinski definition) is 2. The molecular weight excluding hydrogens is 276 g/mol. The van der Waals surface area contributed by atoms with E-state index in [2.05, 4.69) is 15.5 Å². The number of imide groups is 1. The summed E-state index contributed by atoms with van der Waals surface area (Å²) in [5.41, 5.74) is 0.246. The molecule has 21 heavy (non-hydrogen) atoms. The smallest absolute Gasteiger partial charge is 0.277 e. The lowest BCUT2D eigenvalue weighted by molar-refractivity contribution is -0.138. The van der Waals surface area contributed by atoms with Gasteiger partial charge >= 0.3 is 0 Å². The molecule has 0 saturated carbocycles. The van der Waals surface area contributed by atoms with Crippen molar-refractivity contribution in [2.75, 3.05) is 6.54 Å². The largest absolute Gasteiger partial charge is 0.317 e. The summed E-state index contributed by atoms with van der Waals surface area (Å²) >= 11 is 0. The monoisotopic (exact) mass is 292 g/mol. The number of aromatic nitrogens is 2. The molecule has 1 unspecified atom stereocenters. The molecule has 0 aliphatic carbocycles. The summed E-state index contributed by atoms with van der Waals surface area (Å²) in [6.45, 7) is 4.75. The first kappa shape index (κ1) is 14.9. The standard InChI is InChI=1S/C13H16N4O4/c1-4-8-11(19)14-9(18)5-17(8)13(21)10-6(2)7(3)15-16-12(10)20/h8H,4-5H2,1-3H3,(H,16,20)(H,14,18,19). The molecule has 1 aliphatic heterocycles. The van der Waals surface area contributed by atoms with E-state index in [4.69, 9.17) is 0 Å². The molecule has 1 atom stereocenters. The fourth-order valence-corrected chi connectivity index (χ4v) is 2.31. The van der Waals surface area contributed by atoms with Gasteiger partial charge in [-0.15, -0.1) is 0 Å². The van der Waals surface area contributed by atoms with Gasteiger partial charge in [-0.05, 0) is 25.8 Å². The van der Waals surface area contributed by atoms with Crippen molar-refractivity contribution < 1.29 is 14.4 Å². The number of aryl methyl sites for hydroxylation is 1. The van der Waals surface area contributed by atoms with Crippen molar-refractivity contribution >= 4 is 17.7 Å². The summed E-state index contributed by atoms with van der Waals surface area (Å²) in [6, 6.07) is -0.762. The van der Waals surface area contributed by atoms with Crippen molar-refractivity contribution in [2.24, 2.45) is 0 Å². The fourth-order valence-electron chi connectivity index (χ4n) is 2.31. The molecule has 8 nitrogen and oxygen atoms in total. The number of H-pyrrole nitrogens is 1. The number of carbonyl (C=O) groups excluding carboxylic acids is 3. The molecule has 1 aromatic heterocycles. The molecule has 0 bridgehead atoms. The van der Waals surface area contributed by atoms with Gasteiger partial charge in [0.2, 0.25) is 11.8 Å². The second-order valence-corrected chi connectivity index (χ2v) is 4.91. The molecule has 1 saturated heterocycles. The topological polar surface area (TPSA) is 112 Å². The third kappa shape index (κ3) is 2.56. The van der Waals surface area contributed by atoms with Crippen molar-refractivity contribution in [1.29, 1.82) is 0 Å². The molecule has 1 aliphatic rings. The van der Waals surface area contributed by atoms with E-state index in [1.807, 2.05) is 0 Å². The highest BCUT2D eigenvalue weighted by Gasteiger charge is 2.37. The molecule has 2 N–H and O–H groups in total. The first-order valence-electron chi connectivity index (χ1n) is 6.57. The van der Waals surface area contributed by atoms with Crippen LogP contribution >= 0.6 is 0 Å². The first-order valence-corrected chi connectivity index (χ1v) is 6.57. The van der Waals surface area contributed by atoms with Gasteiger partial charge in [-0.1, -0.05) is 6.92 Å². The van der Waals surface area contributed by atoms with E-state index in [0.29, 0.717) is 17.7 Å². The van der Waals surface area contributed by atoms with Gasteiger partial charge in [-0.3, -0.25) is 24.5 Å². The van der Waals surface area contributed by atoms with E-state index in [9.17, 15) is 19.2 Å². The second kappa shape index (κ2) is 5.47. The summed E-state index contributed by atoms with van der Waals surface area (Å²) in [4.78, 5) is 48.9. The third-order valence-electron chi connectivity index (χ3n) is 3.59. The number of hydrogen-bond acceptors (Lipinski definition) is 5. The molecule has 112 valence electrons. The Morgan fingerprint density at radius 1 is 1.33 bits per heavy atom. The van der Waals surface area contributed by atoms with Gasteiger partial charge in [0.05, 0.1) is 5.69 Å². The Morgan fingerprint density at radius 3 is 2.62 bits per heavy atom. The fraction of sp³-hybridized carbons (Fsp3) is 0.462. The van der Waals surface area contributed by atoms with Crippen molar-refractivity contribution in [1.82, 2.24) is 20.4 Å². The van der Waals surface area contributed by atoms with Crippen LogP contribution < -0.4 is 10.9 Å². The minimum atomic E-state index is -0.762. The SMILES string of the molecule is CCC1C(=O)NC(=O)CN1C(=O)c1c(C)c(C)n[nH]c1=O. The van der Waals surface area contributed by atoms with Crippen LogP contribution in [-0.2, 0) is 9.59 Å². The van der Waals surface area contributed by atoms with Crippen molar-refractivity contribution in [3.63, 3.8) is 0 Å². The van der Waals surface area contributed by atoms with Crippen LogP contribution in [0.5, 0.6) is 0 Å². The minimum Gasteiger partial charge on any atom is -0.317 e. The molecule has 0 aromatic carbocycles. The number of piperazine rings is 1. The molecule has 3 amide bonds. The Labute approximate surface area is 120 Å². The number of carbonyl (C=O) groups is 3. The highest BCUT2D eigenvalue weighted by atomic mass is 16.2. The Bertz CT molecular complexity index is 679. The van der Waals surface area contributed by atoms with Crippen LogP contribution in [0.4, 0.5) is 0 Å². The van der Waals surface area contributed by atoms with Gasteiger partial charge in [0.1, 0.15) is 18.2 Å². The van der Waals surface area contributed by atoms with Crippen LogP contribution in [0.15, 0.2) is 4.79 Å². The van der Waals surface area contributed by atoms with E-state index in [0.717, 1.165) is 4.90 Å². The van der Waals surface area contributed by atoms with Gasteiger partial charge in [0, 0.05) is 0 Å². The summed E-state index contributed by atoms with van der Waals surface area (Å²) in [6.07, 6.45) is 0.353. The van der Waals surface area contributed by atoms with Gasteiger partial charge in [0.15, 0.2) is 0 Å². The highest BCUT2D eigenvalue weighted by molar-refractivity contribution is 6.07. The molecule has 1 fully saturated rings. The number of amides is 3. The lowest BCUT2D eigenvalue weighted by Gasteiger charge is -2.33. The third-order valence-corrected chi connectivity index (χ3v) is 3.59. The molecule has 0 radical (unpaired) electrons. The molecule has 1 aromatic rings. The van der Waals surface area contributed by atoms with Crippen LogP contribution in [-0.4, -0.2) is 45.4 Å². The second-order valence-electron chi connectivity index (χ2n) is 4.91. The summed E-state index contributed by atoms with van der Waals surface area (Å²) in [7, 11) is 0. The molecular formula is C13H16N4O4. The summed E-state index contributed by atoms with van der Waals surface area (Å²) in [5.74, 6) is -1.71. The number of nitrogens with one attached hydrogen (secondary N) is 2. The Hall–Kier alpha value is -2.51. The Morgan fingerprint density at radius 2 is 2.00 bits per heavy atom. The van der Waals surface area contributed by atoms with Crippen LogP contribution in [0.2, 0.25) is 0 Å². The number of rotatable bonds is 2. The normalized spacial score (nSPS) is 18.6. The van der Waals surface area contributed by atoms with Crippen LogP contribution in [0.3, 0.4) is 0 Å². The van der Waals surface area contributed by atoms with Gasteiger partial charge in [0.25, 0.3) is 11.5 Å². The zero-order valence-electron chi connectivity index (χ0n) is 12.0.